The molecule has 0 spiro atoms. The van der Waals surface area contributed by atoms with Crippen LogP contribution in [0.15, 0.2) is 72.8 Å². The maximum atomic E-state index is 12.0. The summed E-state index contributed by atoms with van der Waals surface area (Å²) in [7, 11) is -1.79. The third-order valence-corrected chi connectivity index (χ3v) is 5.64. The van der Waals surface area contributed by atoms with Crippen molar-refractivity contribution in [1.82, 2.24) is 0 Å². The van der Waals surface area contributed by atoms with E-state index in [0.29, 0.717) is 0 Å². The summed E-state index contributed by atoms with van der Waals surface area (Å²) in [6.45, 7) is 5.96. The fourth-order valence-electron chi connectivity index (χ4n) is 2.72. The fourth-order valence-corrected chi connectivity index (χ4v) is 4.05. The van der Waals surface area contributed by atoms with Crippen LogP contribution in [0.3, 0.4) is 0 Å². The number of hydrogen-bond donors (Lipinski definition) is 0. The zero-order valence-corrected chi connectivity index (χ0v) is 15.8. The van der Waals surface area contributed by atoms with E-state index in [0.717, 1.165) is 33.6 Å². The van der Waals surface area contributed by atoms with Crippen molar-refractivity contribution in [3.05, 3.63) is 95.1 Å². The third kappa shape index (κ3) is 5.27. The molecule has 0 fully saturated rings. The van der Waals surface area contributed by atoms with Gasteiger partial charge in [-0.1, -0.05) is 78.4 Å². The van der Waals surface area contributed by atoms with Crippen molar-refractivity contribution in [2.75, 3.05) is 0 Å². The van der Waals surface area contributed by atoms with Crippen molar-refractivity contribution in [2.24, 2.45) is 0 Å². The van der Waals surface area contributed by atoms with E-state index in [-0.39, 0.29) is 0 Å². The maximum Gasteiger partial charge on any atom is 0.150 e. The Bertz CT molecular complexity index is 791. The van der Waals surface area contributed by atoms with Crippen molar-refractivity contribution in [1.29, 1.82) is 0 Å². The minimum Gasteiger partial charge on any atom is -0.317 e. The van der Waals surface area contributed by atoms with Crippen LogP contribution in [0.5, 0.6) is 0 Å². The molecule has 3 heteroatoms. The van der Waals surface area contributed by atoms with Gasteiger partial charge in [-0.25, -0.2) is 0 Å². The number of carbonyl (C=O) groups is 1. The molecular formula is C22H23O2P. The van der Waals surface area contributed by atoms with Crippen LogP contribution in [0.1, 0.15) is 27.0 Å². The summed E-state index contributed by atoms with van der Waals surface area (Å²) in [6, 6.07) is 23.2. The van der Waals surface area contributed by atoms with Crippen molar-refractivity contribution < 1.29 is 9.36 Å². The van der Waals surface area contributed by atoms with Crippen LogP contribution in [-0.2, 0) is 4.57 Å². The van der Waals surface area contributed by atoms with E-state index >= 15 is 0 Å². The molecule has 0 aliphatic heterocycles. The van der Waals surface area contributed by atoms with Crippen molar-refractivity contribution in [3.63, 3.8) is 0 Å². The van der Waals surface area contributed by atoms with Gasteiger partial charge in [0.15, 0.2) is 6.29 Å². The van der Waals surface area contributed by atoms with Gasteiger partial charge in [-0.05, 0) is 31.9 Å². The van der Waals surface area contributed by atoms with Gasteiger partial charge < -0.3 is 4.57 Å². The molecular weight excluding hydrogens is 327 g/mol. The summed E-state index contributed by atoms with van der Waals surface area (Å²) < 4.78 is 12.0. The van der Waals surface area contributed by atoms with Crippen LogP contribution in [0, 0.1) is 20.8 Å². The van der Waals surface area contributed by atoms with Crippen LogP contribution >= 0.6 is 7.80 Å². The van der Waals surface area contributed by atoms with Gasteiger partial charge in [-0.2, -0.15) is 0 Å². The van der Waals surface area contributed by atoms with Gasteiger partial charge in [-0.3, -0.25) is 4.79 Å². The highest BCUT2D eigenvalue weighted by Crippen LogP contribution is 2.18. The third-order valence-electron chi connectivity index (χ3n) is 3.93. The first kappa shape index (κ1) is 18.9. The second kappa shape index (κ2) is 9.15. The van der Waals surface area contributed by atoms with Crippen LogP contribution in [-0.4, -0.2) is 6.29 Å². The summed E-state index contributed by atoms with van der Waals surface area (Å²) in [5, 5.41) is 1.84. The van der Waals surface area contributed by atoms with Crippen molar-refractivity contribution in [2.45, 2.75) is 20.8 Å². The molecule has 0 heterocycles. The zero-order chi connectivity index (χ0) is 18.2. The Morgan fingerprint density at radius 1 is 0.720 bits per heavy atom. The summed E-state index contributed by atoms with van der Waals surface area (Å²) in [6.07, 6.45) is 0.921. The smallest absolute Gasteiger partial charge is 0.150 e. The molecule has 0 aromatic heterocycles. The molecule has 0 N–H and O–H groups in total. The second-order valence-corrected chi connectivity index (χ2v) is 7.80. The lowest BCUT2D eigenvalue weighted by atomic mass is 10.0. The lowest BCUT2D eigenvalue weighted by Gasteiger charge is -2.03. The highest BCUT2D eigenvalue weighted by Gasteiger charge is 2.04. The van der Waals surface area contributed by atoms with Gasteiger partial charge in [-0.15, -0.1) is 0 Å². The average Bonchev–Trinajstić information content (AvgIpc) is 2.63. The van der Waals surface area contributed by atoms with Gasteiger partial charge in [0, 0.05) is 16.2 Å². The summed E-state index contributed by atoms with van der Waals surface area (Å²) in [5.74, 6) is 0. The first-order chi connectivity index (χ1) is 12.0. The van der Waals surface area contributed by atoms with E-state index in [2.05, 4.69) is 0 Å². The number of hydrogen-bond acceptors (Lipinski definition) is 2. The van der Waals surface area contributed by atoms with E-state index in [1.807, 2.05) is 93.6 Å². The molecule has 0 saturated heterocycles. The Balaban J connectivity index is 0.000000186. The summed E-state index contributed by atoms with van der Waals surface area (Å²) in [5.41, 5.74) is 4.18. The number of benzene rings is 3. The predicted octanol–water partition coefficient (Wildman–Crippen LogP) is 4.62. The maximum absolute atomic E-state index is 12.0. The fraction of sp³-hybridized carbons (Fsp3) is 0.136. The Morgan fingerprint density at radius 2 is 1.12 bits per heavy atom. The predicted molar refractivity (Wildman–Crippen MR) is 107 cm³/mol. The highest BCUT2D eigenvalue weighted by molar-refractivity contribution is 7.61. The van der Waals surface area contributed by atoms with E-state index in [1.165, 1.54) is 5.56 Å². The molecule has 3 rings (SSSR count). The van der Waals surface area contributed by atoms with Crippen LogP contribution in [0.25, 0.3) is 0 Å². The largest absolute Gasteiger partial charge is 0.317 e. The molecule has 3 aromatic rings. The van der Waals surface area contributed by atoms with Gasteiger partial charge in [0.2, 0.25) is 0 Å². The first-order valence-electron chi connectivity index (χ1n) is 8.20. The molecule has 0 saturated carbocycles. The second-order valence-electron chi connectivity index (χ2n) is 5.99. The average molecular weight is 350 g/mol. The van der Waals surface area contributed by atoms with Gasteiger partial charge in [0.25, 0.3) is 0 Å². The topological polar surface area (TPSA) is 34.1 Å². The number of carbonyl (C=O) groups excluding carboxylic acids is 1. The Kier molecular flexibility index (Phi) is 6.91. The lowest BCUT2D eigenvalue weighted by Crippen LogP contribution is -2.04. The summed E-state index contributed by atoms with van der Waals surface area (Å²) in [4.78, 5) is 10.6. The lowest BCUT2D eigenvalue weighted by molar-refractivity contribution is 0.112. The SMILES string of the molecule is Cc1cc(C)c(C=O)c(C)c1.O=[PH](c1ccccc1)c1ccccc1. The molecule has 25 heavy (non-hydrogen) atoms. The minimum absolute atomic E-state index is 0.829. The molecule has 0 amide bonds. The molecule has 0 unspecified atom stereocenters. The highest BCUT2D eigenvalue weighted by atomic mass is 31.1. The molecule has 0 radical (unpaired) electrons. The van der Waals surface area contributed by atoms with Crippen molar-refractivity contribution >= 4 is 24.7 Å². The van der Waals surface area contributed by atoms with Crippen LogP contribution in [0.4, 0.5) is 0 Å². The normalized spacial score (nSPS) is 10.1. The Morgan fingerprint density at radius 3 is 1.48 bits per heavy atom. The van der Waals surface area contributed by atoms with E-state index in [4.69, 9.17) is 0 Å². The van der Waals surface area contributed by atoms with E-state index < -0.39 is 7.80 Å². The summed E-state index contributed by atoms with van der Waals surface area (Å²) >= 11 is 0. The minimum atomic E-state index is -1.79. The number of aldehydes is 1. The number of aryl methyl sites for hydroxylation is 3. The molecule has 128 valence electrons. The molecule has 0 aliphatic carbocycles. The Labute approximate surface area is 150 Å². The van der Waals surface area contributed by atoms with Gasteiger partial charge in [0.1, 0.15) is 7.80 Å². The van der Waals surface area contributed by atoms with Crippen LogP contribution in [0.2, 0.25) is 0 Å². The molecule has 0 bridgehead atoms. The monoisotopic (exact) mass is 350 g/mol. The van der Waals surface area contributed by atoms with Gasteiger partial charge >= 0.3 is 0 Å². The van der Waals surface area contributed by atoms with Crippen molar-refractivity contribution in [3.8, 4) is 0 Å². The first-order valence-corrected chi connectivity index (χ1v) is 9.61. The molecule has 0 aliphatic rings. The standard InChI is InChI=1S/C12H11OP.C10H12O/c13-14(11-7-3-1-4-8-11)12-9-5-2-6-10-12;1-7-4-8(2)10(6-11)9(3)5-7/h1-10,14H;4-6H,1-3H3. The number of rotatable bonds is 3. The van der Waals surface area contributed by atoms with Crippen LogP contribution < -0.4 is 10.6 Å². The van der Waals surface area contributed by atoms with E-state index in [9.17, 15) is 9.36 Å². The van der Waals surface area contributed by atoms with Gasteiger partial charge in [0.05, 0.1) is 0 Å². The van der Waals surface area contributed by atoms with E-state index in [1.54, 1.807) is 0 Å². The molecule has 0 atom stereocenters. The quantitative estimate of drug-likeness (QED) is 0.510. The Hall–Kier alpha value is -2.44. The molecule has 3 aromatic carbocycles. The zero-order valence-electron chi connectivity index (χ0n) is 14.8. The molecule has 2 nitrogen and oxygen atoms in total.